The van der Waals surface area contributed by atoms with Crippen LogP contribution in [-0.4, -0.2) is 37.3 Å². The highest BCUT2D eigenvalue weighted by atomic mass is 28.4. The van der Waals surface area contributed by atoms with Crippen LogP contribution < -0.4 is 5.32 Å². The van der Waals surface area contributed by atoms with Crippen molar-refractivity contribution in [3.8, 4) is 0 Å². The highest BCUT2D eigenvalue weighted by molar-refractivity contribution is 6.71. The predicted molar refractivity (Wildman–Crippen MR) is 73.1 cm³/mol. The van der Waals surface area contributed by atoms with Gasteiger partial charge in [-0.2, -0.15) is 0 Å². The fourth-order valence-electron chi connectivity index (χ4n) is 1.19. The monoisotopic (exact) mass is 287 g/mol. The maximum Gasteiger partial charge on any atom is 0.326 e. The largest absolute Gasteiger partial charge is 0.520 e. The Morgan fingerprint density at radius 3 is 2.21 bits per heavy atom. The lowest BCUT2D eigenvalue weighted by molar-refractivity contribution is -0.142. The zero-order valence-corrected chi connectivity index (χ0v) is 12.8. The summed E-state index contributed by atoms with van der Waals surface area (Å²) in [6.07, 6.45) is -0.0463. The van der Waals surface area contributed by atoms with Gasteiger partial charge in [0.25, 0.3) is 5.97 Å². The number of amides is 1. The van der Waals surface area contributed by atoms with Crippen molar-refractivity contribution in [3.05, 3.63) is 12.2 Å². The van der Waals surface area contributed by atoms with Crippen LogP contribution in [0.2, 0.25) is 19.6 Å². The second-order valence-electron chi connectivity index (χ2n) is 5.27. The zero-order chi connectivity index (χ0) is 15.2. The number of carbonyl (C=O) groups excluding carboxylic acids is 2. The Morgan fingerprint density at radius 2 is 1.84 bits per heavy atom. The molecule has 0 aromatic rings. The molecule has 0 aliphatic rings. The molecule has 1 atom stereocenters. The summed E-state index contributed by atoms with van der Waals surface area (Å²) in [5, 5.41) is 11.3. The minimum Gasteiger partial charge on any atom is -0.520 e. The first-order valence-electron chi connectivity index (χ1n) is 5.94. The average molecular weight is 287 g/mol. The van der Waals surface area contributed by atoms with E-state index in [0.717, 1.165) is 0 Å². The summed E-state index contributed by atoms with van der Waals surface area (Å²) in [5.74, 6) is -2.16. The molecule has 108 valence electrons. The van der Waals surface area contributed by atoms with Crippen LogP contribution >= 0.6 is 0 Å². The highest BCUT2D eigenvalue weighted by Crippen LogP contribution is 2.07. The van der Waals surface area contributed by atoms with E-state index in [-0.39, 0.29) is 18.4 Å². The first-order chi connectivity index (χ1) is 8.53. The van der Waals surface area contributed by atoms with Gasteiger partial charge in [-0.1, -0.05) is 6.58 Å². The van der Waals surface area contributed by atoms with Crippen molar-refractivity contribution in [1.82, 2.24) is 5.32 Å². The molecule has 2 N–H and O–H groups in total. The molecule has 0 aromatic heterocycles. The minimum absolute atomic E-state index is 0.00231. The number of aliphatic carboxylic acids is 1. The molecule has 0 unspecified atom stereocenters. The van der Waals surface area contributed by atoms with Gasteiger partial charge < -0.3 is 14.8 Å². The molecule has 0 radical (unpaired) electrons. The number of carbonyl (C=O) groups is 3. The standard InChI is InChI=1S/C12H21NO5Si/c1-8(2)11(15)13-9(12(16)17)6-7-10(14)18-19(3,4)5/h9H,1,6-7H2,2-5H3,(H,13,15)(H,16,17)/t9-/m0/s1. The van der Waals surface area contributed by atoms with Gasteiger partial charge in [0.05, 0.1) is 0 Å². The van der Waals surface area contributed by atoms with Gasteiger partial charge in [-0.25, -0.2) is 4.79 Å². The Balaban J connectivity index is 4.38. The third kappa shape index (κ3) is 8.14. The third-order valence-electron chi connectivity index (χ3n) is 2.05. The molecule has 0 saturated carbocycles. The molecule has 19 heavy (non-hydrogen) atoms. The van der Waals surface area contributed by atoms with Crippen LogP contribution in [0.1, 0.15) is 19.8 Å². The topological polar surface area (TPSA) is 92.7 Å². The quantitative estimate of drug-likeness (QED) is 0.543. The normalized spacial score (nSPS) is 12.4. The molecule has 7 heteroatoms. The summed E-state index contributed by atoms with van der Waals surface area (Å²) in [4.78, 5) is 33.8. The maximum atomic E-state index is 11.5. The molecule has 0 aliphatic heterocycles. The van der Waals surface area contributed by atoms with Gasteiger partial charge in [0.15, 0.2) is 0 Å². The minimum atomic E-state index is -1.97. The Kier molecular flexibility index (Phi) is 6.47. The van der Waals surface area contributed by atoms with Gasteiger partial charge in [-0.3, -0.25) is 9.59 Å². The zero-order valence-electron chi connectivity index (χ0n) is 11.8. The first kappa shape index (κ1) is 17.4. The molecule has 0 saturated heterocycles. The number of nitrogens with one attached hydrogen (secondary N) is 1. The summed E-state index contributed by atoms with van der Waals surface area (Å²) in [7, 11) is -1.97. The van der Waals surface area contributed by atoms with Gasteiger partial charge in [0.1, 0.15) is 6.04 Å². The van der Waals surface area contributed by atoms with Crippen LogP contribution in [0.5, 0.6) is 0 Å². The van der Waals surface area contributed by atoms with Crippen LogP contribution in [0.25, 0.3) is 0 Å². The van der Waals surface area contributed by atoms with Gasteiger partial charge in [-0.15, -0.1) is 0 Å². The Hall–Kier alpha value is -1.63. The smallest absolute Gasteiger partial charge is 0.326 e. The van der Waals surface area contributed by atoms with E-state index in [1.54, 1.807) is 0 Å². The molecule has 1 amide bonds. The predicted octanol–water partition coefficient (Wildman–Crippen LogP) is 1.29. The molecule has 0 aliphatic carbocycles. The number of hydrogen-bond acceptors (Lipinski definition) is 4. The van der Waals surface area contributed by atoms with E-state index in [1.165, 1.54) is 6.92 Å². The van der Waals surface area contributed by atoms with Crippen LogP contribution in [0.4, 0.5) is 0 Å². The molecule has 0 aromatic carbocycles. The van der Waals surface area contributed by atoms with Crippen LogP contribution in [0, 0.1) is 0 Å². The van der Waals surface area contributed by atoms with Gasteiger partial charge >= 0.3 is 5.97 Å². The lowest BCUT2D eigenvalue weighted by atomic mass is 10.1. The van der Waals surface area contributed by atoms with E-state index in [4.69, 9.17) is 9.53 Å². The Morgan fingerprint density at radius 1 is 1.32 bits per heavy atom. The summed E-state index contributed by atoms with van der Waals surface area (Å²) in [6.45, 7) is 10.5. The van der Waals surface area contributed by atoms with Crippen molar-refractivity contribution in [2.24, 2.45) is 0 Å². The van der Waals surface area contributed by atoms with E-state index in [0.29, 0.717) is 0 Å². The molecular formula is C12H21NO5Si. The van der Waals surface area contributed by atoms with Crippen molar-refractivity contribution in [3.63, 3.8) is 0 Å². The fourth-order valence-corrected chi connectivity index (χ4v) is 1.98. The highest BCUT2D eigenvalue weighted by Gasteiger charge is 2.24. The molecule has 0 fully saturated rings. The number of carboxylic acid groups (broad SMARTS) is 1. The van der Waals surface area contributed by atoms with E-state index < -0.39 is 32.2 Å². The Bertz CT molecular complexity index is 386. The summed E-state index contributed by atoms with van der Waals surface area (Å²) in [5.41, 5.74) is 0.218. The van der Waals surface area contributed by atoms with Gasteiger partial charge in [0, 0.05) is 12.0 Å². The molecule has 0 bridgehead atoms. The summed E-state index contributed by atoms with van der Waals surface area (Å²) < 4.78 is 5.20. The van der Waals surface area contributed by atoms with Crippen molar-refractivity contribution < 1.29 is 23.9 Å². The van der Waals surface area contributed by atoms with Crippen molar-refractivity contribution in [1.29, 1.82) is 0 Å². The number of rotatable bonds is 7. The SMILES string of the molecule is C=C(C)C(=O)N[C@@H](CCC(=O)O[Si](C)(C)C)C(=O)O. The summed E-state index contributed by atoms with van der Waals surface area (Å²) in [6, 6.07) is -1.11. The fraction of sp³-hybridized carbons (Fsp3) is 0.583. The van der Waals surface area contributed by atoms with Crippen LogP contribution in [0.3, 0.4) is 0 Å². The van der Waals surface area contributed by atoms with Gasteiger partial charge in [0.2, 0.25) is 14.2 Å². The van der Waals surface area contributed by atoms with Crippen molar-refractivity contribution >= 4 is 26.2 Å². The average Bonchev–Trinajstić information content (AvgIpc) is 2.20. The third-order valence-corrected chi connectivity index (χ3v) is 2.89. The van der Waals surface area contributed by atoms with E-state index in [2.05, 4.69) is 11.9 Å². The molecule has 0 heterocycles. The molecular weight excluding hydrogens is 266 g/mol. The van der Waals surface area contributed by atoms with Crippen LogP contribution in [0.15, 0.2) is 12.2 Å². The van der Waals surface area contributed by atoms with E-state index in [1.807, 2.05) is 19.6 Å². The van der Waals surface area contributed by atoms with Crippen molar-refractivity contribution in [2.45, 2.75) is 45.4 Å². The maximum absolute atomic E-state index is 11.5. The molecule has 0 rings (SSSR count). The first-order valence-corrected chi connectivity index (χ1v) is 9.35. The number of carboxylic acids is 1. The summed E-state index contributed by atoms with van der Waals surface area (Å²) >= 11 is 0. The van der Waals surface area contributed by atoms with E-state index in [9.17, 15) is 14.4 Å². The Labute approximate surface area is 114 Å². The lowest BCUT2D eigenvalue weighted by Gasteiger charge is -2.18. The van der Waals surface area contributed by atoms with Gasteiger partial charge in [-0.05, 0) is 33.0 Å². The second-order valence-corrected chi connectivity index (χ2v) is 9.70. The van der Waals surface area contributed by atoms with Crippen molar-refractivity contribution in [2.75, 3.05) is 0 Å². The molecule has 6 nitrogen and oxygen atoms in total. The lowest BCUT2D eigenvalue weighted by Crippen LogP contribution is -2.41. The number of hydrogen-bond donors (Lipinski definition) is 2. The molecule has 0 spiro atoms. The van der Waals surface area contributed by atoms with Crippen LogP contribution in [-0.2, 0) is 18.8 Å². The second kappa shape index (κ2) is 7.08. The van der Waals surface area contributed by atoms with E-state index >= 15 is 0 Å².